The number of nitrogens with zero attached hydrogens (tertiary/aromatic N) is 1. The molecule has 0 atom stereocenters. The summed E-state index contributed by atoms with van der Waals surface area (Å²) in [4.78, 5) is 11.7. The van der Waals surface area contributed by atoms with Crippen molar-refractivity contribution in [2.45, 2.75) is 0 Å². The molecule has 0 radical (unpaired) electrons. The third-order valence-electron chi connectivity index (χ3n) is 2.86. The van der Waals surface area contributed by atoms with Crippen LogP contribution in [0, 0.1) is 17.1 Å². The van der Waals surface area contributed by atoms with Crippen molar-refractivity contribution < 1.29 is 13.9 Å². The number of carbonyl (C=O) groups is 1. The van der Waals surface area contributed by atoms with Crippen molar-refractivity contribution in [3.63, 3.8) is 0 Å². The highest BCUT2D eigenvalue weighted by Gasteiger charge is 2.15. The van der Waals surface area contributed by atoms with Gasteiger partial charge in [0.15, 0.2) is 0 Å². The molecule has 0 bridgehead atoms. The summed E-state index contributed by atoms with van der Waals surface area (Å²) in [5.74, 6) is -1.20. The molecule has 0 fully saturated rings. The standard InChI is InChI=1S/C15H12FN3O2/c1-21-15(20)10-3-2-4-12(18)14(10)19-13-6-5-9(8-17)7-11(13)16/h2-7,19H,18H2,1H3. The van der Waals surface area contributed by atoms with Gasteiger partial charge in [-0.15, -0.1) is 0 Å². The van der Waals surface area contributed by atoms with Crippen LogP contribution < -0.4 is 11.1 Å². The molecular formula is C15H12FN3O2. The Kier molecular flexibility index (Phi) is 4.05. The topological polar surface area (TPSA) is 88.1 Å². The zero-order valence-electron chi connectivity index (χ0n) is 11.2. The van der Waals surface area contributed by atoms with Gasteiger partial charge in [0, 0.05) is 0 Å². The van der Waals surface area contributed by atoms with Crippen LogP contribution in [0.3, 0.4) is 0 Å². The summed E-state index contributed by atoms with van der Waals surface area (Å²) in [5, 5.41) is 11.5. The number of methoxy groups -OCH3 is 1. The minimum atomic E-state index is -0.617. The van der Waals surface area contributed by atoms with Crippen LogP contribution in [0.1, 0.15) is 15.9 Å². The van der Waals surface area contributed by atoms with Gasteiger partial charge in [0.1, 0.15) is 5.82 Å². The quantitative estimate of drug-likeness (QED) is 0.668. The Morgan fingerprint density at radius 1 is 1.38 bits per heavy atom. The Bertz CT molecular complexity index is 738. The minimum absolute atomic E-state index is 0.108. The lowest BCUT2D eigenvalue weighted by atomic mass is 10.1. The molecule has 2 rings (SSSR count). The number of nitrogens with one attached hydrogen (secondary N) is 1. The molecule has 0 heterocycles. The highest BCUT2D eigenvalue weighted by atomic mass is 19.1. The molecule has 0 saturated heterocycles. The van der Waals surface area contributed by atoms with Crippen LogP contribution in [0.4, 0.5) is 21.5 Å². The zero-order valence-corrected chi connectivity index (χ0v) is 11.2. The van der Waals surface area contributed by atoms with E-state index in [1.165, 1.54) is 25.3 Å². The van der Waals surface area contributed by atoms with Gasteiger partial charge in [-0.1, -0.05) is 6.07 Å². The van der Waals surface area contributed by atoms with Crippen LogP contribution in [-0.4, -0.2) is 13.1 Å². The molecule has 2 aromatic rings. The fourth-order valence-corrected chi connectivity index (χ4v) is 1.81. The first-order valence-corrected chi connectivity index (χ1v) is 6.00. The fraction of sp³-hybridized carbons (Fsp3) is 0.0667. The number of nitrogen functional groups attached to an aromatic ring is 1. The molecule has 106 valence electrons. The van der Waals surface area contributed by atoms with E-state index >= 15 is 0 Å². The smallest absolute Gasteiger partial charge is 0.340 e. The molecule has 0 spiro atoms. The van der Waals surface area contributed by atoms with Crippen LogP contribution in [-0.2, 0) is 4.74 Å². The molecule has 21 heavy (non-hydrogen) atoms. The number of para-hydroxylation sites is 1. The van der Waals surface area contributed by atoms with Crippen molar-refractivity contribution in [1.82, 2.24) is 0 Å². The molecule has 3 N–H and O–H groups in total. The van der Waals surface area contributed by atoms with E-state index in [-0.39, 0.29) is 28.2 Å². The predicted molar refractivity (Wildman–Crippen MR) is 76.6 cm³/mol. The minimum Gasteiger partial charge on any atom is -0.465 e. The van der Waals surface area contributed by atoms with Gasteiger partial charge < -0.3 is 15.8 Å². The maximum Gasteiger partial charge on any atom is 0.340 e. The lowest BCUT2D eigenvalue weighted by Gasteiger charge is -2.14. The number of hydrogen-bond acceptors (Lipinski definition) is 5. The molecule has 0 unspecified atom stereocenters. The zero-order chi connectivity index (χ0) is 15.4. The SMILES string of the molecule is COC(=O)c1cccc(N)c1Nc1ccc(C#N)cc1F. The summed E-state index contributed by atoms with van der Waals surface area (Å²) < 4.78 is 18.6. The second-order valence-electron chi connectivity index (χ2n) is 4.19. The molecule has 2 aromatic carbocycles. The Morgan fingerprint density at radius 3 is 2.76 bits per heavy atom. The number of halogens is 1. The Balaban J connectivity index is 2.45. The second-order valence-corrected chi connectivity index (χ2v) is 4.19. The van der Waals surface area contributed by atoms with Gasteiger partial charge >= 0.3 is 5.97 Å². The van der Waals surface area contributed by atoms with Gasteiger partial charge in [-0.2, -0.15) is 5.26 Å². The molecule has 6 heteroatoms. The average molecular weight is 285 g/mol. The Labute approximate surface area is 120 Å². The van der Waals surface area contributed by atoms with E-state index in [1.807, 2.05) is 6.07 Å². The van der Waals surface area contributed by atoms with E-state index in [0.29, 0.717) is 0 Å². The summed E-state index contributed by atoms with van der Waals surface area (Å²) in [6.07, 6.45) is 0. The molecular weight excluding hydrogens is 273 g/mol. The van der Waals surface area contributed by atoms with E-state index in [2.05, 4.69) is 10.1 Å². The highest BCUT2D eigenvalue weighted by Crippen LogP contribution is 2.29. The van der Waals surface area contributed by atoms with E-state index in [9.17, 15) is 9.18 Å². The molecule has 0 saturated carbocycles. The summed E-state index contributed by atoms with van der Waals surface area (Å²) in [6, 6.07) is 10.5. The van der Waals surface area contributed by atoms with E-state index in [0.717, 1.165) is 6.07 Å². The average Bonchev–Trinajstić information content (AvgIpc) is 2.50. The van der Waals surface area contributed by atoms with Crippen molar-refractivity contribution in [1.29, 1.82) is 5.26 Å². The number of rotatable bonds is 3. The maximum absolute atomic E-state index is 13.9. The first-order valence-electron chi connectivity index (χ1n) is 6.00. The lowest BCUT2D eigenvalue weighted by molar-refractivity contribution is 0.0602. The van der Waals surface area contributed by atoms with Crippen LogP contribution in [0.5, 0.6) is 0 Å². The molecule has 0 aliphatic heterocycles. The molecule has 0 aromatic heterocycles. The van der Waals surface area contributed by atoms with Crippen molar-refractivity contribution in [2.24, 2.45) is 0 Å². The monoisotopic (exact) mass is 285 g/mol. The first-order chi connectivity index (χ1) is 10.1. The number of nitriles is 1. The summed E-state index contributed by atoms with van der Waals surface area (Å²) >= 11 is 0. The Hall–Kier alpha value is -3.07. The van der Waals surface area contributed by atoms with Crippen molar-refractivity contribution in [2.75, 3.05) is 18.2 Å². The number of benzene rings is 2. The Morgan fingerprint density at radius 2 is 2.14 bits per heavy atom. The molecule has 0 aliphatic carbocycles. The van der Waals surface area contributed by atoms with Crippen LogP contribution in [0.25, 0.3) is 0 Å². The van der Waals surface area contributed by atoms with E-state index < -0.39 is 11.8 Å². The van der Waals surface area contributed by atoms with Gasteiger partial charge in [0.05, 0.1) is 41.4 Å². The van der Waals surface area contributed by atoms with E-state index in [4.69, 9.17) is 11.0 Å². The number of esters is 1. The first kappa shape index (κ1) is 14.3. The second kappa shape index (κ2) is 5.92. The summed E-state index contributed by atoms with van der Waals surface area (Å²) in [7, 11) is 1.25. The van der Waals surface area contributed by atoms with Crippen LogP contribution in [0.15, 0.2) is 36.4 Å². The maximum atomic E-state index is 13.9. The van der Waals surface area contributed by atoms with Crippen molar-refractivity contribution in [3.8, 4) is 6.07 Å². The number of ether oxygens (including phenoxy) is 1. The molecule has 0 aliphatic rings. The summed E-state index contributed by atoms with van der Waals surface area (Å²) in [6.45, 7) is 0. The van der Waals surface area contributed by atoms with Gasteiger partial charge in [-0.25, -0.2) is 9.18 Å². The normalized spacial score (nSPS) is 9.76. The van der Waals surface area contributed by atoms with Crippen molar-refractivity contribution in [3.05, 3.63) is 53.3 Å². The van der Waals surface area contributed by atoms with E-state index in [1.54, 1.807) is 12.1 Å². The number of nitrogens with two attached hydrogens (primary N) is 1. The van der Waals surface area contributed by atoms with Gasteiger partial charge in [-0.3, -0.25) is 0 Å². The highest BCUT2D eigenvalue weighted by molar-refractivity contribution is 5.99. The van der Waals surface area contributed by atoms with Gasteiger partial charge in [-0.05, 0) is 30.3 Å². The summed E-state index contributed by atoms with van der Waals surface area (Å²) in [5.41, 5.74) is 6.86. The molecule has 5 nitrogen and oxygen atoms in total. The molecule has 0 amide bonds. The number of hydrogen-bond donors (Lipinski definition) is 2. The number of carbonyl (C=O) groups excluding carboxylic acids is 1. The lowest BCUT2D eigenvalue weighted by Crippen LogP contribution is -2.08. The fourth-order valence-electron chi connectivity index (χ4n) is 1.81. The third-order valence-corrected chi connectivity index (χ3v) is 2.86. The predicted octanol–water partition coefficient (Wildman–Crippen LogP) is 2.81. The largest absolute Gasteiger partial charge is 0.465 e. The third kappa shape index (κ3) is 2.92. The van der Waals surface area contributed by atoms with Crippen LogP contribution >= 0.6 is 0 Å². The van der Waals surface area contributed by atoms with Crippen LogP contribution in [0.2, 0.25) is 0 Å². The van der Waals surface area contributed by atoms with Gasteiger partial charge in [0.25, 0.3) is 0 Å². The van der Waals surface area contributed by atoms with Crippen molar-refractivity contribution >= 4 is 23.0 Å². The van der Waals surface area contributed by atoms with Gasteiger partial charge in [0.2, 0.25) is 0 Å². The number of anilines is 3.